The largest absolute Gasteiger partial charge is 0.467 e. The van der Waals surface area contributed by atoms with Crippen LogP contribution in [0.5, 0.6) is 0 Å². The molecule has 1 heterocycles. The number of furan rings is 1. The summed E-state index contributed by atoms with van der Waals surface area (Å²) in [5, 5.41) is 0. The lowest BCUT2D eigenvalue weighted by molar-refractivity contribution is 0.513. The number of aryl methyl sites for hydroxylation is 1. The number of hydrogen-bond acceptors (Lipinski definition) is 2. The highest BCUT2D eigenvalue weighted by atomic mass is 16.3. The Kier molecular flexibility index (Phi) is 2.60. The summed E-state index contributed by atoms with van der Waals surface area (Å²) in [7, 11) is 0. The molecular weight excluding hydrogens is 186 g/mol. The second kappa shape index (κ2) is 3.91. The summed E-state index contributed by atoms with van der Waals surface area (Å²) in [5.74, 6) is 0.851. The molecule has 0 amide bonds. The van der Waals surface area contributed by atoms with E-state index in [1.165, 1.54) is 16.7 Å². The van der Waals surface area contributed by atoms with Gasteiger partial charge in [-0.1, -0.05) is 18.2 Å². The SMILES string of the molecule is Cc1cccc(-c2ccoc2CN)c1C. The first-order valence-electron chi connectivity index (χ1n) is 5.07. The standard InChI is InChI=1S/C13H15NO/c1-9-4-3-5-11(10(9)2)12-6-7-15-13(12)8-14/h3-7H,8,14H2,1-2H3. The predicted molar refractivity (Wildman–Crippen MR) is 61.5 cm³/mol. The van der Waals surface area contributed by atoms with Gasteiger partial charge in [0, 0.05) is 5.56 Å². The Morgan fingerprint density at radius 3 is 2.67 bits per heavy atom. The van der Waals surface area contributed by atoms with Crippen LogP contribution in [0, 0.1) is 13.8 Å². The van der Waals surface area contributed by atoms with E-state index in [0.717, 1.165) is 11.3 Å². The molecule has 2 N–H and O–H groups in total. The first kappa shape index (κ1) is 9.99. The minimum atomic E-state index is 0.440. The van der Waals surface area contributed by atoms with E-state index in [0.29, 0.717) is 6.54 Å². The molecule has 0 spiro atoms. The van der Waals surface area contributed by atoms with E-state index in [1.807, 2.05) is 6.07 Å². The lowest BCUT2D eigenvalue weighted by atomic mass is 9.97. The maximum atomic E-state index is 5.63. The van der Waals surface area contributed by atoms with E-state index < -0.39 is 0 Å². The van der Waals surface area contributed by atoms with Gasteiger partial charge in [-0.25, -0.2) is 0 Å². The highest BCUT2D eigenvalue weighted by molar-refractivity contribution is 5.70. The quantitative estimate of drug-likeness (QED) is 0.811. The Labute approximate surface area is 89.7 Å². The molecule has 0 atom stereocenters. The van der Waals surface area contributed by atoms with E-state index in [-0.39, 0.29) is 0 Å². The number of nitrogens with two attached hydrogens (primary N) is 1. The maximum absolute atomic E-state index is 5.63. The Balaban J connectivity index is 2.59. The number of hydrogen-bond donors (Lipinski definition) is 1. The molecule has 0 aliphatic heterocycles. The van der Waals surface area contributed by atoms with Crippen molar-refractivity contribution in [1.82, 2.24) is 0 Å². The molecule has 1 aromatic carbocycles. The van der Waals surface area contributed by atoms with E-state index in [9.17, 15) is 0 Å². The van der Waals surface area contributed by atoms with Gasteiger partial charge >= 0.3 is 0 Å². The summed E-state index contributed by atoms with van der Waals surface area (Å²) in [4.78, 5) is 0. The average Bonchev–Trinajstić information content (AvgIpc) is 2.70. The van der Waals surface area contributed by atoms with E-state index in [2.05, 4.69) is 32.0 Å². The predicted octanol–water partition coefficient (Wildman–Crippen LogP) is 3.02. The molecule has 2 aromatic rings. The molecule has 78 valence electrons. The van der Waals surface area contributed by atoms with Crippen LogP contribution in [0.4, 0.5) is 0 Å². The molecule has 15 heavy (non-hydrogen) atoms. The zero-order valence-electron chi connectivity index (χ0n) is 9.08. The topological polar surface area (TPSA) is 39.2 Å². The van der Waals surface area contributed by atoms with Crippen molar-refractivity contribution in [2.45, 2.75) is 20.4 Å². The normalized spacial score (nSPS) is 10.6. The van der Waals surface area contributed by atoms with Crippen LogP contribution in [0.15, 0.2) is 34.9 Å². The Bertz CT molecular complexity index is 471. The van der Waals surface area contributed by atoms with Crippen molar-refractivity contribution in [3.63, 3.8) is 0 Å². The monoisotopic (exact) mass is 201 g/mol. The van der Waals surface area contributed by atoms with Crippen LogP contribution in [-0.2, 0) is 6.54 Å². The van der Waals surface area contributed by atoms with Gasteiger partial charge in [-0.05, 0) is 36.6 Å². The molecule has 0 aliphatic carbocycles. The highest BCUT2D eigenvalue weighted by Crippen LogP contribution is 2.28. The Hall–Kier alpha value is -1.54. The van der Waals surface area contributed by atoms with Crippen molar-refractivity contribution in [1.29, 1.82) is 0 Å². The second-order valence-corrected chi connectivity index (χ2v) is 3.71. The lowest BCUT2D eigenvalue weighted by Gasteiger charge is -2.07. The van der Waals surface area contributed by atoms with E-state index in [4.69, 9.17) is 10.2 Å². The molecular formula is C13H15NO. The molecule has 0 aliphatic rings. The molecule has 0 saturated heterocycles. The van der Waals surface area contributed by atoms with Gasteiger partial charge in [0.2, 0.25) is 0 Å². The minimum Gasteiger partial charge on any atom is -0.467 e. The van der Waals surface area contributed by atoms with Gasteiger partial charge in [-0.15, -0.1) is 0 Å². The van der Waals surface area contributed by atoms with Gasteiger partial charge in [0.25, 0.3) is 0 Å². The number of benzene rings is 1. The van der Waals surface area contributed by atoms with Crippen molar-refractivity contribution in [2.75, 3.05) is 0 Å². The third-order valence-electron chi connectivity index (χ3n) is 2.83. The number of rotatable bonds is 2. The van der Waals surface area contributed by atoms with E-state index >= 15 is 0 Å². The molecule has 0 fully saturated rings. The zero-order valence-corrected chi connectivity index (χ0v) is 9.08. The van der Waals surface area contributed by atoms with Crippen LogP contribution >= 0.6 is 0 Å². The Morgan fingerprint density at radius 2 is 1.93 bits per heavy atom. The first-order chi connectivity index (χ1) is 7.24. The van der Waals surface area contributed by atoms with Crippen LogP contribution in [0.1, 0.15) is 16.9 Å². The van der Waals surface area contributed by atoms with Crippen molar-refractivity contribution < 1.29 is 4.42 Å². The fourth-order valence-electron chi connectivity index (χ4n) is 1.78. The fraction of sp³-hybridized carbons (Fsp3) is 0.231. The van der Waals surface area contributed by atoms with Crippen LogP contribution in [0.3, 0.4) is 0 Å². The Morgan fingerprint density at radius 1 is 1.13 bits per heavy atom. The van der Waals surface area contributed by atoms with Gasteiger partial charge < -0.3 is 10.2 Å². The van der Waals surface area contributed by atoms with Crippen molar-refractivity contribution in [3.05, 3.63) is 47.4 Å². The van der Waals surface area contributed by atoms with Gasteiger partial charge in [-0.3, -0.25) is 0 Å². The van der Waals surface area contributed by atoms with Gasteiger partial charge in [-0.2, -0.15) is 0 Å². The molecule has 0 unspecified atom stereocenters. The smallest absolute Gasteiger partial charge is 0.125 e. The van der Waals surface area contributed by atoms with Crippen molar-refractivity contribution in [3.8, 4) is 11.1 Å². The molecule has 0 saturated carbocycles. The summed E-state index contributed by atoms with van der Waals surface area (Å²) in [6.45, 7) is 4.68. The van der Waals surface area contributed by atoms with E-state index in [1.54, 1.807) is 6.26 Å². The van der Waals surface area contributed by atoms with Crippen molar-refractivity contribution >= 4 is 0 Å². The molecule has 1 aromatic heterocycles. The third kappa shape index (κ3) is 1.68. The molecule has 2 heteroatoms. The van der Waals surface area contributed by atoms with Gasteiger partial charge in [0.1, 0.15) is 5.76 Å². The molecule has 2 nitrogen and oxygen atoms in total. The average molecular weight is 201 g/mol. The first-order valence-corrected chi connectivity index (χ1v) is 5.07. The zero-order chi connectivity index (χ0) is 10.8. The second-order valence-electron chi connectivity index (χ2n) is 3.71. The third-order valence-corrected chi connectivity index (χ3v) is 2.83. The minimum absolute atomic E-state index is 0.440. The fourth-order valence-corrected chi connectivity index (χ4v) is 1.78. The molecule has 0 radical (unpaired) electrons. The summed E-state index contributed by atoms with van der Waals surface area (Å²) >= 11 is 0. The summed E-state index contributed by atoms with van der Waals surface area (Å²) in [5.41, 5.74) is 10.5. The maximum Gasteiger partial charge on any atom is 0.125 e. The van der Waals surface area contributed by atoms with Crippen molar-refractivity contribution in [2.24, 2.45) is 5.73 Å². The molecule has 2 rings (SSSR count). The van der Waals surface area contributed by atoms with Gasteiger partial charge in [0.15, 0.2) is 0 Å². The van der Waals surface area contributed by atoms with Crippen LogP contribution in [0.2, 0.25) is 0 Å². The summed E-state index contributed by atoms with van der Waals surface area (Å²) < 4.78 is 5.34. The van der Waals surface area contributed by atoms with Crippen LogP contribution < -0.4 is 5.73 Å². The van der Waals surface area contributed by atoms with Crippen LogP contribution in [0.25, 0.3) is 11.1 Å². The summed E-state index contributed by atoms with van der Waals surface area (Å²) in [6.07, 6.45) is 1.69. The van der Waals surface area contributed by atoms with Gasteiger partial charge in [0.05, 0.1) is 12.8 Å². The van der Waals surface area contributed by atoms with Crippen LogP contribution in [-0.4, -0.2) is 0 Å². The highest BCUT2D eigenvalue weighted by Gasteiger charge is 2.09. The summed E-state index contributed by atoms with van der Waals surface area (Å²) in [6, 6.07) is 8.25. The lowest BCUT2D eigenvalue weighted by Crippen LogP contribution is -1.97. The molecule has 0 bridgehead atoms.